The number of carbonyl (C=O) groups excluding carboxylic acids is 1. The quantitative estimate of drug-likeness (QED) is 0.795. The third-order valence-electron chi connectivity index (χ3n) is 3.07. The molecule has 0 amide bonds. The van der Waals surface area contributed by atoms with Gasteiger partial charge in [0.05, 0.1) is 20.3 Å². The Labute approximate surface area is 122 Å². The van der Waals surface area contributed by atoms with Crippen LogP contribution in [-0.2, 0) is 11.3 Å². The van der Waals surface area contributed by atoms with E-state index in [4.69, 9.17) is 9.47 Å². The molecule has 0 bridgehead atoms. The van der Waals surface area contributed by atoms with Gasteiger partial charge in [0.25, 0.3) is 0 Å². The first kappa shape index (κ1) is 15.0. The zero-order valence-electron chi connectivity index (χ0n) is 12.2. The highest BCUT2D eigenvalue weighted by atomic mass is 19.1. The minimum absolute atomic E-state index is 0.177. The molecule has 0 atom stereocenters. The number of esters is 1. The molecular formula is C15H17FN2O3. The normalized spacial score (nSPS) is 10.5. The van der Waals surface area contributed by atoms with Gasteiger partial charge in [-0.05, 0) is 19.9 Å². The Bertz CT molecular complexity index is 652. The van der Waals surface area contributed by atoms with Crippen molar-refractivity contribution in [2.24, 2.45) is 0 Å². The first-order chi connectivity index (χ1) is 10.1. The van der Waals surface area contributed by atoms with Crippen LogP contribution in [0, 0.1) is 12.7 Å². The Morgan fingerprint density at radius 2 is 2.10 bits per heavy atom. The molecule has 0 saturated heterocycles. The average Bonchev–Trinajstić information content (AvgIpc) is 2.78. The Morgan fingerprint density at radius 1 is 1.38 bits per heavy atom. The van der Waals surface area contributed by atoms with Crippen molar-refractivity contribution in [3.8, 4) is 5.88 Å². The standard InChI is InChI=1S/C15H17FN2O3/c1-4-21-15(19)13-10(2)14(20-3)18(17-13)9-11-7-5-6-8-12(11)16/h5-8H,4,9H2,1-3H3. The minimum atomic E-state index is -0.513. The molecule has 0 unspecified atom stereocenters. The third kappa shape index (κ3) is 3.04. The first-order valence-corrected chi connectivity index (χ1v) is 6.60. The molecule has 1 heterocycles. The van der Waals surface area contributed by atoms with E-state index in [0.29, 0.717) is 17.0 Å². The smallest absolute Gasteiger partial charge is 0.359 e. The second-order valence-corrected chi connectivity index (χ2v) is 4.45. The highest BCUT2D eigenvalue weighted by molar-refractivity contribution is 5.89. The van der Waals surface area contributed by atoms with Crippen LogP contribution in [-0.4, -0.2) is 29.5 Å². The second kappa shape index (κ2) is 6.39. The lowest BCUT2D eigenvalue weighted by Gasteiger charge is -2.07. The van der Waals surface area contributed by atoms with Crippen molar-refractivity contribution in [1.29, 1.82) is 0 Å². The third-order valence-corrected chi connectivity index (χ3v) is 3.07. The van der Waals surface area contributed by atoms with E-state index < -0.39 is 5.97 Å². The first-order valence-electron chi connectivity index (χ1n) is 6.60. The molecule has 2 aromatic rings. The van der Waals surface area contributed by atoms with Gasteiger partial charge in [0.15, 0.2) is 5.69 Å². The maximum atomic E-state index is 13.7. The topological polar surface area (TPSA) is 53.3 Å². The van der Waals surface area contributed by atoms with Crippen LogP contribution in [0.15, 0.2) is 24.3 Å². The number of rotatable bonds is 5. The van der Waals surface area contributed by atoms with Crippen LogP contribution in [0.2, 0.25) is 0 Å². The molecule has 112 valence electrons. The number of carbonyl (C=O) groups is 1. The number of nitrogens with zero attached hydrogens (tertiary/aromatic N) is 2. The van der Waals surface area contributed by atoms with Crippen LogP contribution in [0.4, 0.5) is 4.39 Å². The SMILES string of the molecule is CCOC(=O)c1nn(Cc2ccccc2F)c(OC)c1C. The summed E-state index contributed by atoms with van der Waals surface area (Å²) in [5.41, 5.74) is 1.23. The van der Waals surface area contributed by atoms with Gasteiger partial charge in [0, 0.05) is 11.1 Å². The predicted octanol–water partition coefficient (Wildman–Crippen LogP) is 2.56. The summed E-state index contributed by atoms with van der Waals surface area (Å²) in [7, 11) is 1.48. The molecule has 0 spiro atoms. The molecule has 0 aliphatic carbocycles. The molecule has 0 saturated carbocycles. The summed E-state index contributed by atoms with van der Waals surface area (Å²) in [6.07, 6.45) is 0. The number of halogens is 1. The Morgan fingerprint density at radius 3 is 2.71 bits per heavy atom. The van der Waals surface area contributed by atoms with Crippen molar-refractivity contribution in [2.75, 3.05) is 13.7 Å². The van der Waals surface area contributed by atoms with Crippen molar-refractivity contribution in [2.45, 2.75) is 20.4 Å². The van der Waals surface area contributed by atoms with Crippen LogP contribution in [0.25, 0.3) is 0 Å². The zero-order chi connectivity index (χ0) is 15.4. The summed E-state index contributed by atoms with van der Waals surface area (Å²) in [4.78, 5) is 11.8. The van der Waals surface area contributed by atoms with Crippen LogP contribution in [0.1, 0.15) is 28.5 Å². The largest absolute Gasteiger partial charge is 0.481 e. The molecule has 0 aliphatic heterocycles. The molecular weight excluding hydrogens is 275 g/mol. The summed E-state index contributed by atoms with van der Waals surface area (Å²) < 4.78 is 25.4. The lowest BCUT2D eigenvalue weighted by Crippen LogP contribution is -2.09. The molecule has 2 rings (SSSR count). The van der Waals surface area contributed by atoms with Crippen molar-refractivity contribution in [3.63, 3.8) is 0 Å². The summed E-state index contributed by atoms with van der Waals surface area (Å²) in [6, 6.07) is 6.40. The Kier molecular flexibility index (Phi) is 4.57. The van der Waals surface area contributed by atoms with E-state index in [2.05, 4.69) is 5.10 Å². The van der Waals surface area contributed by atoms with Gasteiger partial charge in [-0.3, -0.25) is 0 Å². The van der Waals surface area contributed by atoms with Crippen LogP contribution in [0.3, 0.4) is 0 Å². The van der Waals surface area contributed by atoms with E-state index in [1.807, 2.05) is 0 Å². The lowest BCUT2D eigenvalue weighted by atomic mass is 10.2. The minimum Gasteiger partial charge on any atom is -0.481 e. The highest BCUT2D eigenvalue weighted by Gasteiger charge is 2.22. The molecule has 0 radical (unpaired) electrons. The number of hydrogen-bond donors (Lipinski definition) is 0. The van der Waals surface area contributed by atoms with Gasteiger partial charge in [0.2, 0.25) is 5.88 Å². The summed E-state index contributed by atoms with van der Waals surface area (Å²) in [6.45, 7) is 3.88. The average molecular weight is 292 g/mol. The van der Waals surface area contributed by atoms with Gasteiger partial charge in [0.1, 0.15) is 5.82 Å². The van der Waals surface area contributed by atoms with Gasteiger partial charge >= 0.3 is 5.97 Å². The van der Waals surface area contributed by atoms with Gasteiger partial charge in [-0.2, -0.15) is 5.10 Å². The predicted molar refractivity (Wildman–Crippen MR) is 75.0 cm³/mol. The molecule has 0 N–H and O–H groups in total. The highest BCUT2D eigenvalue weighted by Crippen LogP contribution is 2.23. The van der Waals surface area contributed by atoms with E-state index in [1.54, 1.807) is 32.0 Å². The summed E-state index contributed by atoms with van der Waals surface area (Å²) in [5, 5.41) is 4.19. The number of benzene rings is 1. The molecule has 6 heteroatoms. The second-order valence-electron chi connectivity index (χ2n) is 4.45. The Balaban J connectivity index is 2.38. The van der Waals surface area contributed by atoms with E-state index >= 15 is 0 Å². The molecule has 0 fully saturated rings. The molecule has 1 aromatic heterocycles. The van der Waals surface area contributed by atoms with Gasteiger partial charge in [-0.25, -0.2) is 13.9 Å². The number of hydrogen-bond acceptors (Lipinski definition) is 4. The van der Waals surface area contributed by atoms with E-state index in [1.165, 1.54) is 17.9 Å². The van der Waals surface area contributed by atoms with E-state index in [0.717, 1.165) is 0 Å². The summed E-state index contributed by atoms with van der Waals surface area (Å²) in [5.74, 6) is -0.424. The van der Waals surface area contributed by atoms with Crippen LogP contribution < -0.4 is 4.74 Å². The Hall–Kier alpha value is -2.37. The van der Waals surface area contributed by atoms with Gasteiger partial charge in [-0.1, -0.05) is 18.2 Å². The fraction of sp³-hybridized carbons (Fsp3) is 0.333. The molecule has 21 heavy (non-hydrogen) atoms. The van der Waals surface area contributed by atoms with E-state index in [9.17, 15) is 9.18 Å². The van der Waals surface area contributed by atoms with Crippen molar-refractivity contribution in [3.05, 3.63) is 46.9 Å². The maximum Gasteiger partial charge on any atom is 0.359 e. The van der Waals surface area contributed by atoms with Crippen molar-refractivity contribution in [1.82, 2.24) is 9.78 Å². The fourth-order valence-corrected chi connectivity index (χ4v) is 2.08. The summed E-state index contributed by atoms with van der Waals surface area (Å²) >= 11 is 0. The molecule has 0 aliphatic rings. The monoisotopic (exact) mass is 292 g/mol. The molecule has 1 aromatic carbocycles. The fourth-order valence-electron chi connectivity index (χ4n) is 2.08. The number of ether oxygens (including phenoxy) is 2. The van der Waals surface area contributed by atoms with Crippen LogP contribution in [0.5, 0.6) is 5.88 Å². The van der Waals surface area contributed by atoms with E-state index in [-0.39, 0.29) is 24.7 Å². The van der Waals surface area contributed by atoms with Gasteiger partial charge in [-0.15, -0.1) is 0 Å². The van der Waals surface area contributed by atoms with Crippen molar-refractivity contribution >= 4 is 5.97 Å². The lowest BCUT2D eigenvalue weighted by molar-refractivity contribution is 0.0517. The molecule has 5 nitrogen and oxygen atoms in total. The van der Waals surface area contributed by atoms with Crippen molar-refractivity contribution < 1.29 is 18.7 Å². The zero-order valence-corrected chi connectivity index (χ0v) is 12.2. The van der Waals surface area contributed by atoms with Gasteiger partial charge < -0.3 is 9.47 Å². The number of aromatic nitrogens is 2. The van der Waals surface area contributed by atoms with Crippen LogP contribution >= 0.6 is 0 Å². The number of methoxy groups -OCH3 is 1. The maximum absolute atomic E-state index is 13.7.